The van der Waals surface area contributed by atoms with Crippen molar-refractivity contribution in [3.05, 3.63) is 63.5 Å². The summed E-state index contributed by atoms with van der Waals surface area (Å²) in [6, 6.07) is 8.20. The molecule has 0 aliphatic rings. The Morgan fingerprint density at radius 2 is 2.00 bits per heavy atom. The summed E-state index contributed by atoms with van der Waals surface area (Å²) in [6.07, 6.45) is 0. The monoisotopic (exact) mass is 347 g/mol. The largest absolute Gasteiger partial charge is 0.383 e. The number of aryl methyl sites for hydroxylation is 1. The number of nitrogens with zero attached hydrogens (tertiary/aromatic N) is 1. The van der Waals surface area contributed by atoms with Gasteiger partial charge in [-0.15, -0.1) is 0 Å². The predicted molar refractivity (Wildman–Crippen MR) is 92.6 cm³/mol. The van der Waals surface area contributed by atoms with E-state index in [9.17, 15) is 19.3 Å². The maximum Gasteiger partial charge on any atom is 0.270 e. The maximum atomic E-state index is 13.8. The van der Waals surface area contributed by atoms with Crippen LogP contribution in [0.2, 0.25) is 0 Å². The number of methoxy groups -OCH3 is 1. The van der Waals surface area contributed by atoms with Gasteiger partial charge < -0.3 is 15.4 Å². The van der Waals surface area contributed by atoms with Crippen molar-refractivity contribution in [2.45, 2.75) is 6.92 Å². The summed E-state index contributed by atoms with van der Waals surface area (Å²) in [4.78, 5) is 22.9. The molecule has 1 amide bonds. The van der Waals surface area contributed by atoms with Crippen LogP contribution in [0.4, 0.5) is 21.5 Å². The average molecular weight is 347 g/mol. The Labute approximate surface area is 144 Å². The molecule has 2 N–H and O–H groups in total. The van der Waals surface area contributed by atoms with Crippen molar-refractivity contribution in [1.29, 1.82) is 0 Å². The van der Waals surface area contributed by atoms with E-state index in [0.29, 0.717) is 18.8 Å². The zero-order chi connectivity index (χ0) is 18.4. The Hall–Kier alpha value is -3.00. The molecule has 0 unspecified atom stereocenters. The van der Waals surface area contributed by atoms with Gasteiger partial charge >= 0.3 is 0 Å². The van der Waals surface area contributed by atoms with E-state index in [1.165, 1.54) is 31.4 Å². The summed E-state index contributed by atoms with van der Waals surface area (Å²) in [5.74, 6) is -1.23. The van der Waals surface area contributed by atoms with Crippen molar-refractivity contribution < 1.29 is 18.8 Å². The molecule has 25 heavy (non-hydrogen) atoms. The summed E-state index contributed by atoms with van der Waals surface area (Å²) >= 11 is 0. The molecule has 0 radical (unpaired) electrons. The first-order valence-corrected chi connectivity index (χ1v) is 7.51. The fourth-order valence-electron chi connectivity index (χ4n) is 2.20. The number of rotatable bonds is 7. The van der Waals surface area contributed by atoms with Crippen molar-refractivity contribution in [2.75, 3.05) is 30.9 Å². The molecule has 7 nitrogen and oxygen atoms in total. The summed E-state index contributed by atoms with van der Waals surface area (Å²) in [7, 11) is 1.53. The standard InChI is InChI=1S/C17H18FN3O4/c1-11-3-5-14(18)16(9-11)20-17(22)13-10-12(21(23)24)4-6-15(13)19-7-8-25-2/h3-6,9-10,19H,7-8H2,1-2H3,(H,20,22). The lowest BCUT2D eigenvalue weighted by molar-refractivity contribution is -0.384. The van der Waals surface area contributed by atoms with E-state index in [4.69, 9.17) is 4.74 Å². The molecule has 0 bridgehead atoms. The van der Waals surface area contributed by atoms with Crippen molar-refractivity contribution >= 4 is 23.0 Å². The molecule has 0 atom stereocenters. The number of benzene rings is 2. The van der Waals surface area contributed by atoms with E-state index in [1.54, 1.807) is 13.0 Å². The van der Waals surface area contributed by atoms with Gasteiger partial charge in [0.1, 0.15) is 5.82 Å². The molecule has 132 valence electrons. The Morgan fingerprint density at radius 1 is 1.24 bits per heavy atom. The predicted octanol–water partition coefficient (Wildman–Crippen LogP) is 3.35. The second-order valence-corrected chi connectivity index (χ2v) is 5.34. The Morgan fingerprint density at radius 3 is 2.68 bits per heavy atom. The van der Waals surface area contributed by atoms with Crippen molar-refractivity contribution in [2.24, 2.45) is 0 Å². The van der Waals surface area contributed by atoms with Crippen LogP contribution in [0, 0.1) is 22.9 Å². The summed E-state index contributed by atoms with van der Waals surface area (Å²) < 4.78 is 18.8. The highest BCUT2D eigenvalue weighted by Crippen LogP contribution is 2.24. The molecule has 0 aliphatic carbocycles. The third kappa shape index (κ3) is 4.74. The molecular formula is C17H18FN3O4. The minimum atomic E-state index is -0.645. The number of halogens is 1. The number of nitro benzene ring substituents is 1. The minimum absolute atomic E-state index is 0.0133. The molecule has 0 spiro atoms. The number of hydrogen-bond donors (Lipinski definition) is 2. The van der Waals surface area contributed by atoms with Crippen LogP contribution in [0.3, 0.4) is 0 Å². The molecule has 0 heterocycles. The Kier molecular flexibility index (Phi) is 6.02. The normalized spacial score (nSPS) is 10.4. The minimum Gasteiger partial charge on any atom is -0.383 e. The number of anilines is 2. The summed E-state index contributed by atoms with van der Waals surface area (Å²) in [5, 5.41) is 16.4. The number of hydrogen-bond acceptors (Lipinski definition) is 5. The number of non-ortho nitro benzene ring substituents is 1. The molecule has 2 aromatic rings. The quantitative estimate of drug-likeness (QED) is 0.455. The van der Waals surface area contributed by atoms with Crippen molar-refractivity contribution in [3.8, 4) is 0 Å². The molecule has 2 aromatic carbocycles. The van der Waals surface area contributed by atoms with E-state index < -0.39 is 16.6 Å². The molecule has 0 fully saturated rings. The van der Waals surface area contributed by atoms with Gasteiger partial charge in [0.25, 0.3) is 11.6 Å². The van der Waals surface area contributed by atoms with Gasteiger partial charge in [-0.1, -0.05) is 6.07 Å². The van der Waals surface area contributed by atoms with Gasteiger partial charge in [0.2, 0.25) is 0 Å². The molecular weight excluding hydrogens is 329 g/mol. The first-order chi connectivity index (χ1) is 11.9. The number of nitrogens with one attached hydrogen (secondary N) is 2. The van der Waals surface area contributed by atoms with Crippen LogP contribution in [0.1, 0.15) is 15.9 Å². The van der Waals surface area contributed by atoms with E-state index in [2.05, 4.69) is 10.6 Å². The van der Waals surface area contributed by atoms with Gasteiger partial charge in [0.05, 0.1) is 22.8 Å². The van der Waals surface area contributed by atoms with Crippen LogP contribution in [0.15, 0.2) is 36.4 Å². The molecule has 0 saturated heterocycles. The third-order valence-electron chi connectivity index (χ3n) is 3.45. The number of carbonyl (C=O) groups is 1. The lowest BCUT2D eigenvalue weighted by atomic mass is 10.1. The number of nitro groups is 1. The Bertz CT molecular complexity index is 795. The highest BCUT2D eigenvalue weighted by Gasteiger charge is 2.18. The van der Waals surface area contributed by atoms with E-state index >= 15 is 0 Å². The molecule has 0 aliphatic heterocycles. The zero-order valence-electron chi connectivity index (χ0n) is 13.8. The highest BCUT2D eigenvalue weighted by molar-refractivity contribution is 6.08. The fraction of sp³-hybridized carbons (Fsp3) is 0.235. The number of carbonyl (C=O) groups excluding carboxylic acids is 1. The van der Waals surface area contributed by atoms with Crippen LogP contribution in [-0.2, 0) is 4.74 Å². The summed E-state index contributed by atoms with van der Waals surface area (Å²) in [5.41, 5.74) is 1.00. The number of ether oxygens (including phenoxy) is 1. The van der Waals surface area contributed by atoms with Gasteiger partial charge in [-0.3, -0.25) is 14.9 Å². The van der Waals surface area contributed by atoms with Gasteiger partial charge in [0, 0.05) is 31.5 Å². The van der Waals surface area contributed by atoms with Crippen LogP contribution < -0.4 is 10.6 Å². The van der Waals surface area contributed by atoms with Gasteiger partial charge in [0.15, 0.2) is 0 Å². The van der Waals surface area contributed by atoms with Crippen LogP contribution in [0.5, 0.6) is 0 Å². The van der Waals surface area contributed by atoms with E-state index in [0.717, 1.165) is 11.6 Å². The van der Waals surface area contributed by atoms with Crippen LogP contribution in [-0.4, -0.2) is 31.1 Å². The lowest BCUT2D eigenvalue weighted by Crippen LogP contribution is -2.17. The average Bonchev–Trinajstić information content (AvgIpc) is 2.58. The van der Waals surface area contributed by atoms with Crippen molar-refractivity contribution in [1.82, 2.24) is 0 Å². The molecule has 0 saturated carbocycles. The van der Waals surface area contributed by atoms with Gasteiger partial charge in [-0.25, -0.2) is 4.39 Å². The van der Waals surface area contributed by atoms with E-state index in [1.807, 2.05) is 0 Å². The lowest BCUT2D eigenvalue weighted by Gasteiger charge is -2.13. The summed E-state index contributed by atoms with van der Waals surface area (Å²) in [6.45, 7) is 2.57. The number of amides is 1. The molecule has 8 heteroatoms. The smallest absolute Gasteiger partial charge is 0.270 e. The topological polar surface area (TPSA) is 93.5 Å². The fourth-order valence-corrected chi connectivity index (χ4v) is 2.20. The zero-order valence-corrected chi connectivity index (χ0v) is 13.8. The molecule has 0 aromatic heterocycles. The van der Waals surface area contributed by atoms with Gasteiger partial charge in [-0.05, 0) is 30.7 Å². The first kappa shape index (κ1) is 18.3. The van der Waals surface area contributed by atoms with Gasteiger partial charge in [-0.2, -0.15) is 0 Å². The first-order valence-electron chi connectivity index (χ1n) is 7.51. The van der Waals surface area contributed by atoms with E-state index in [-0.39, 0.29) is 16.9 Å². The maximum absolute atomic E-state index is 13.8. The highest BCUT2D eigenvalue weighted by atomic mass is 19.1. The van der Waals surface area contributed by atoms with Crippen LogP contribution >= 0.6 is 0 Å². The second-order valence-electron chi connectivity index (χ2n) is 5.34. The SMILES string of the molecule is COCCNc1ccc([N+](=O)[O-])cc1C(=O)Nc1cc(C)ccc1F. The third-order valence-corrected chi connectivity index (χ3v) is 3.45. The van der Waals surface area contributed by atoms with Crippen LogP contribution in [0.25, 0.3) is 0 Å². The molecule has 2 rings (SSSR count). The van der Waals surface area contributed by atoms with Crippen molar-refractivity contribution in [3.63, 3.8) is 0 Å². The second kappa shape index (κ2) is 8.20. The Balaban J connectivity index is 2.32.